The van der Waals surface area contributed by atoms with E-state index in [0.717, 1.165) is 84.3 Å². The topological polar surface area (TPSA) is 244 Å². The Morgan fingerprint density at radius 3 is 1.45 bits per heavy atom. The first kappa shape index (κ1) is 54.9. The summed E-state index contributed by atoms with van der Waals surface area (Å²) >= 11 is 16.2. The number of aliphatic hydroxyl groups is 1. The van der Waals surface area contributed by atoms with Crippen molar-refractivity contribution < 1.29 is 24.3 Å². The monoisotopic (exact) mass is 1150 g/mol. The van der Waals surface area contributed by atoms with Gasteiger partial charge < -0.3 is 47.0 Å². The van der Waals surface area contributed by atoms with Gasteiger partial charge in [-0.2, -0.15) is 0 Å². The molecule has 4 atom stereocenters. The lowest BCUT2D eigenvalue weighted by atomic mass is 9.91. The Balaban J connectivity index is 0.000000190. The fourth-order valence-electron chi connectivity index (χ4n) is 9.68. The Kier molecular flexibility index (Phi) is 18.6. The highest BCUT2D eigenvalue weighted by molar-refractivity contribution is 9.09. The molecule has 10 rings (SSSR count). The summed E-state index contributed by atoms with van der Waals surface area (Å²) in [4.78, 5) is 74.2. The molecule has 17 nitrogen and oxygen atoms in total. The number of alkyl halides is 1. The van der Waals surface area contributed by atoms with Gasteiger partial charge in [-0.05, 0) is 112 Å². The Morgan fingerprint density at radius 1 is 0.590 bits per heavy atom. The molecule has 400 valence electrons. The number of hydrogen-bond acceptors (Lipinski definition) is 11. The fraction of sp³-hybridized carbons (Fsp3) is 0.241. The molecule has 78 heavy (non-hydrogen) atoms. The largest absolute Gasteiger partial charge is 0.392 e. The number of fused-ring (bicyclic) bond motifs is 2. The highest BCUT2D eigenvalue weighted by Crippen LogP contribution is 2.35. The van der Waals surface area contributed by atoms with Gasteiger partial charge in [-0.15, -0.1) is 0 Å². The molecule has 2 aliphatic rings. The van der Waals surface area contributed by atoms with Gasteiger partial charge in [-0.1, -0.05) is 87.7 Å². The lowest BCUT2D eigenvalue weighted by Crippen LogP contribution is -2.42. The molecule has 0 unspecified atom stereocenters. The van der Waals surface area contributed by atoms with Crippen molar-refractivity contribution in [2.45, 2.75) is 75.5 Å². The Labute approximate surface area is 468 Å². The van der Waals surface area contributed by atoms with E-state index in [9.17, 15) is 19.2 Å². The summed E-state index contributed by atoms with van der Waals surface area (Å²) in [7, 11) is 0. The molecule has 0 radical (unpaired) electrons. The third-order valence-corrected chi connectivity index (χ3v) is 14.4. The number of nitrogens with one attached hydrogen (secondary N) is 8. The molecule has 2 saturated carbocycles. The molecule has 0 bridgehead atoms. The van der Waals surface area contributed by atoms with Crippen LogP contribution in [0.3, 0.4) is 0 Å². The maximum atomic E-state index is 12.9. The number of aromatic amines is 2. The van der Waals surface area contributed by atoms with E-state index in [2.05, 4.69) is 67.8 Å². The van der Waals surface area contributed by atoms with E-state index in [4.69, 9.17) is 38.3 Å². The number of anilines is 4. The van der Waals surface area contributed by atoms with Crippen LogP contribution in [0.2, 0.25) is 10.0 Å². The van der Waals surface area contributed by atoms with E-state index < -0.39 is 0 Å². The minimum absolute atomic E-state index is 0.00661. The van der Waals surface area contributed by atoms with Crippen molar-refractivity contribution in [3.8, 4) is 22.5 Å². The number of benzene rings is 4. The highest BCUT2D eigenvalue weighted by Gasteiger charge is 2.27. The third kappa shape index (κ3) is 14.4. The van der Waals surface area contributed by atoms with Crippen molar-refractivity contribution in [1.82, 2.24) is 40.5 Å². The minimum atomic E-state index is -0.347. The summed E-state index contributed by atoms with van der Waals surface area (Å²) in [6, 6.07) is 29.8. The van der Waals surface area contributed by atoms with Crippen LogP contribution in [-0.4, -0.2) is 94.7 Å². The molecule has 4 aromatic carbocycles. The van der Waals surface area contributed by atoms with Gasteiger partial charge in [0.1, 0.15) is 0 Å². The first-order valence-corrected chi connectivity index (χ1v) is 27.5. The van der Waals surface area contributed by atoms with Crippen LogP contribution in [0.5, 0.6) is 0 Å². The number of H-pyrrole nitrogens is 2. The van der Waals surface area contributed by atoms with E-state index in [1.807, 2.05) is 60.9 Å². The van der Waals surface area contributed by atoms with Crippen molar-refractivity contribution in [2.75, 3.05) is 33.2 Å². The normalized spacial score (nSPS) is 17.3. The predicted octanol–water partition coefficient (Wildman–Crippen LogP) is 11.2. The lowest BCUT2D eigenvalue weighted by Gasteiger charge is -2.30. The van der Waals surface area contributed by atoms with Gasteiger partial charge in [0.15, 0.2) is 0 Å². The zero-order chi connectivity index (χ0) is 54.4. The van der Waals surface area contributed by atoms with Gasteiger partial charge in [0.25, 0.3) is 11.8 Å². The van der Waals surface area contributed by atoms with Crippen LogP contribution < -0.4 is 31.9 Å². The number of hydrogen-bond donors (Lipinski definition) is 9. The first-order valence-electron chi connectivity index (χ1n) is 25.6. The molecule has 4 amide bonds. The lowest BCUT2D eigenvalue weighted by molar-refractivity contribution is -0.112. The average molecular weight is 1150 g/mol. The number of halogens is 3. The summed E-state index contributed by atoms with van der Waals surface area (Å²) in [6.07, 6.45) is 20.0. The molecule has 4 heterocycles. The molecule has 8 aromatic rings. The summed E-state index contributed by atoms with van der Waals surface area (Å²) < 4.78 is 0. The quantitative estimate of drug-likeness (QED) is 0.0325. The Bertz CT molecular complexity index is 3230. The van der Waals surface area contributed by atoms with E-state index in [1.54, 1.807) is 67.0 Å². The summed E-state index contributed by atoms with van der Waals surface area (Å²) in [5.41, 5.74) is 7.47. The average Bonchev–Trinajstić information content (AvgIpc) is 4.09. The fourth-order valence-corrected chi connectivity index (χ4v) is 10.3. The van der Waals surface area contributed by atoms with Crippen LogP contribution in [0.25, 0.3) is 44.3 Å². The van der Waals surface area contributed by atoms with Crippen molar-refractivity contribution >= 4 is 108 Å². The minimum Gasteiger partial charge on any atom is -0.392 e. The zero-order valence-electron chi connectivity index (χ0n) is 42.2. The van der Waals surface area contributed by atoms with Gasteiger partial charge in [-0.25, -0.2) is 19.9 Å². The van der Waals surface area contributed by atoms with Crippen LogP contribution in [0.1, 0.15) is 72.1 Å². The van der Waals surface area contributed by atoms with Crippen LogP contribution in [0.4, 0.5) is 23.3 Å². The first-order chi connectivity index (χ1) is 38.0. The number of carbonyl (C=O) groups is 4. The molecule has 0 spiro atoms. The number of aliphatic hydroxyl groups excluding tert-OH is 1. The molecule has 2 fully saturated rings. The van der Waals surface area contributed by atoms with E-state index in [0.29, 0.717) is 61.2 Å². The standard InChI is InChI=1S/C29H28BrClN6O2.C29H29ClN6O3/c30-14-4-9-26(38)34-19-12-10-18(11-13-19)28(39)35-20-5-3-6-21(15-20)36-29-33-17-24(31)27(37-29)23-16-32-25-8-2-1-7-22(23)25;30-24-17-32-29(36-27(24)23-16-31-25-8-2-1-7-22(23)25)35-21-6-3-5-20(15-21)34-28(39)18-10-12-19(13-11-18)33-26(38)9-4-14-37/h1-2,4,7-13,16-17,20-21,32H,3,5-6,14-15H2,(H,34,38)(H,35,39)(H,33,36,37);1-2,4,7-13,16-17,20-21,31,37H,3,5-6,14-15H2,(H,33,38)(H,34,39)(H,32,35,36)/b2*9-4+/t2*20-,21+/m00/s1. The molecular formula is C58H57BrCl2N12O5. The molecule has 0 aliphatic heterocycles. The van der Waals surface area contributed by atoms with E-state index >= 15 is 0 Å². The SMILES string of the molecule is O=C(/C=C/CBr)Nc1ccc(C(=O)N[C@H]2CCC[C@@H](Nc3ncc(Cl)c(-c4c[nH]c5ccccc45)n3)C2)cc1.O=C(/C=C/CO)Nc1ccc(C(=O)N[C@H]2CCC[C@@H](Nc3ncc(Cl)c(-c4c[nH]c5ccccc45)n3)C2)cc1. The van der Waals surface area contributed by atoms with Crippen molar-refractivity contribution in [2.24, 2.45) is 0 Å². The van der Waals surface area contributed by atoms with Crippen LogP contribution >= 0.6 is 39.1 Å². The molecule has 4 aromatic heterocycles. The van der Waals surface area contributed by atoms with E-state index in [1.165, 1.54) is 18.2 Å². The maximum Gasteiger partial charge on any atom is 0.251 e. The van der Waals surface area contributed by atoms with Gasteiger partial charge in [0.2, 0.25) is 23.7 Å². The van der Waals surface area contributed by atoms with Gasteiger partial charge >= 0.3 is 0 Å². The number of rotatable bonds is 16. The number of carbonyl (C=O) groups excluding carboxylic acids is 4. The number of para-hydroxylation sites is 2. The second-order valence-electron chi connectivity index (χ2n) is 18.9. The predicted molar refractivity (Wildman–Crippen MR) is 312 cm³/mol. The molecule has 20 heteroatoms. The van der Waals surface area contributed by atoms with Crippen LogP contribution in [-0.2, 0) is 9.59 Å². The zero-order valence-corrected chi connectivity index (χ0v) is 45.3. The van der Waals surface area contributed by atoms with E-state index in [-0.39, 0.29) is 54.4 Å². The Morgan fingerprint density at radius 2 is 1.01 bits per heavy atom. The Hall–Kier alpha value is -7.90. The molecule has 0 saturated heterocycles. The maximum absolute atomic E-state index is 12.9. The van der Waals surface area contributed by atoms with Crippen LogP contribution in [0.15, 0.2) is 146 Å². The van der Waals surface area contributed by atoms with Gasteiger partial charge in [0, 0.05) is 109 Å². The number of aromatic nitrogens is 6. The molecule has 9 N–H and O–H groups in total. The summed E-state index contributed by atoms with van der Waals surface area (Å²) in [5.74, 6) is 0.152. The number of allylic oxidation sites excluding steroid dienone is 1. The summed E-state index contributed by atoms with van der Waals surface area (Å²) in [6.45, 7) is -0.206. The second kappa shape index (κ2) is 26.4. The highest BCUT2D eigenvalue weighted by atomic mass is 79.9. The smallest absolute Gasteiger partial charge is 0.251 e. The number of amides is 4. The summed E-state index contributed by atoms with van der Waals surface area (Å²) in [5, 5.41) is 31.0. The number of nitrogens with zero attached hydrogens (tertiary/aromatic N) is 4. The van der Waals surface area contributed by atoms with Crippen molar-refractivity contribution in [3.63, 3.8) is 0 Å². The van der Waals surface area contributed by atoms with Gasteiger partial charge in [0.05, 0.1) is 40.4 Å². The molecular weight excluding hydrogens is 1100 g/mol. The van der Waals surface area contributed by atoms with Gasteiger partial charge in [-0.3, -0.25) is 19.2 Å². The van der Waals surface area contributed by atoms with Crippen LogP contribution in [0, 0.1) is 0 Å². The third-order valence-electron chi connectivity index (χ3n) is 13.4. The second-order valence-corrected chi connectivity index (χ2v) is 20.4. The van der Waals surface area contributed by atoms with Crippen molar-refractivity contribution in [3.05, 3.63) is 167 Å². The molecule has 2 aliphatic carbocycles. The van der Waals surface area contributed by atoms with Crippen molar-refractivity contribution in [1.29, 1.82) is 0 Å².